The molecule has 0 aromatic carbocycles. The van der Waals surface area contributed by atoms with Gasteiger partial charge < -0.3 is 10.1 Å². The summed E-state index contributed by atoms with van der Waals surface area (Å²) in [6, 6.07) is 1.87. The molecule has 1 heterocycles. The molecule has 0 amide bonds. The highest BCUT2D eigenvalue weighted by molar-refractivity contribution is 9.10. The average Bonchev–Trinajstić information content (AvgIpc) is 2.18. The molecule has 0 atom stereocenters. The third kappa shape index (κ3) is 4.26. The number of hydrogen-bond acceptors (Lipinski definition) is 3. The first kappa shape index (κ1) is 11.0. The predicted octanol–water partition coefficient (Wildman–Crippen LogP) is 1.45. The fourth-order valence-electron chi connectivity index (χ4n) is 0.873. The molecule has 4 heteroatoms. The molecular formula is C10H11BrN2O. The van der Waals surface area contributed by atoms with E-state index in [1.165, 1.54) is 0 Å². The monoisotopic (exact) mass is 254 g/mol. The van der Waals surface area contributed by atoms with E-state index in [0.29, 0.717) is 13.2 Å². The van der Waals surface area contributed by atoms with Gasteiger partial charge in [0, 0.05) is 17.2 Å². The minimum atomic E-state index is 0.570. The Kier molecular flexibility index (Phi) is 5.05. The van der Waals surface area contributed by atoms with Gasteiger partial charge in [0.1, 0.15) is 12.4 Å². The maximum absolute atomic E-state index is 5.41. The smallest absolute Gasteiger partial charge is 0.138 e. The third-order valence-electron chi connectivity index (χ3n) is 1.45. The molecule has 1 rings (SSSR count). The predicted molar refractivity (Wildman–Crippen MR) is 59.1 cm³/mol. The summed E-state index contributed by atoms with van der Waals surface area (Å²) in [5.74, 6) is 3.24. The summed E-state index contributed by atoms with van der Waals surface area (Å²) < 4.78 is 6.32. The summed E-state index contributed by atoms with van der Waals surface area (Å²) in [6.07, 6.45) is 8.46. The molecule has 0 unspecified atom stereocenters. The van der Waals surface area contributed by atoms with Gasteiger partial charge >= 0.3 is 0 Å². The van der Waals surface area contributed by atoms with Crippen LogP contribution in [0, 0.1) is 12.3 Å². The lowest BCUT2D eigenvalue weighted by atomic mass is 10.5. The van der Waals surface area contributed by atoms with Crippen molar-refractivity contribution >= 4 is 15.9 Å². The zero-order valence-corrected chi connectivity index (χ0v) is 9.25. The van der Waals surface area contributed by atoms with Crippen LogP contribution in [-0.4, -0.2) is 24.7 Å². The van der Waals surface area contributed by atoms with Gasteiger partial charge in [-0.3, -0.25) is 4.98 Å². The molecule has 0 aliphatic heterocycles. The first-order valence-corrected chi connectivity index (χ1v) is 5.00. The van der Waals surface area contributed by atoms with Crippen LogP contribution in [0.2, 0.25) is 0 Å². The second kappa shape index (κ2) is 6.41. The fraction of sp³-hybridized carbons (Fsp3) is 0.300. The zero-order valence-electron chi connectivity index (χ0n) is 7.66. The van der Waals surface area contributed by atoms with Gasteiger partial charge in [0.05, 0.1) is 12.7 Å². The second-order valence-corrected chi connectivity index (χ2v) is 3.48. The van der Waals surface area contributed by atoms with Crippen LogP contribution < -0.4 is 10.1 Å². The molecule has 0 radical (unpaired) electrons. The number of terminal acetylenes is 1. The van der Waals surface area contributed by atoms with Gasteiger partial charge in [-0.05, 0) is 22.0 Å². The van der Waals surface area contributed by atoms with Gasteiger partial charge in [-0.1, -0.05) is 5.92 Å². The molecule has 0 spiro atoms. The van der Waals surface area contributed by atoms with Crippen molar-refractivity contribution in [1.29, 1.82) is 0 Å². The van der Waals surface area contributed by atoms with Gasteiger partial charge in [-0.2, -0.15) is 0 Å². The van der Waals surface area contributed by atoms with Crippen molar-refractivity contribution in [3.63, 3.8) is 0 Å². The number of pyridine rings is 1. The van der Waals surface area contributed by atoms with Crippen molar-refractivity contribution in [2.45, 2.75) is 0 Å². The summed E-state index contributed by atoms with van der Waals surface area (Å²) in [7, 11) is 0. The van der Waals surface area contributed by atoms with Gasteiger partial charge in [0.2, 0.25) is 0 Å². The molecule has 1 aromatic rings. The standard InChI is InChI=1S/C10H11BrN2O/c1-2-3-12-4-5-14-10-6-9(11)7-13-8-10/h1,6-8,12H,3-5H2. The lowest BCUT2D eigenvalue weighted by molar-refractivity contribution is 0.315. The Hall–Kier alpha value is -1.05. The van der Waals surface area contributed by atoms with E-state index in [1.807, 2.05) is 6.07 Å². The van der Waals surface area contributed by atoms with E-state index < -0.39 is 0 Å². The number of rotatable bonds is 5. The molecule has 0 aliphatic rings. The van der Waals surface area contributed by atoms with E-state index in [9.17, 15) is 0 Å². The normalized spacial score (nSPS) is 9.43. The second-order valence-electron chi connectivity index (χ2n) is 2.57. The molecule has 3 nitrogen and oxygen atoms in total. The Balaban J connectivity index is 2.22. The first-order chi connectivity index (χ1) is 6.83. The van der Waals surface area contributed by atoms with Crippen molar-refractivity contribution < 1.29 is 4.74 Å². The molecule has 0 fully saturated rings. The summed E-state index contributed by atoms with van der Waals surface area (Å²) in [5.41, 5.74) is 0. The van der Waals surface area contributed by atoms with E-state index in [2.05, 4.69) is 32.2 Å². The minimum Gasteiger partial charge on any atom is -0.491 e. The number of hydrogen-bond donors (Lipinski definition) is 1. The van der Waals surface area contributed by atoms with Crippen molar-refractivity contribution in [3.05, 3.63) is 22.9 Å². The zero-order chi connectivity index (χ0) is 10.2. The Labute approximate surface area is 92.0 Å². The van der Waals surface area contributed by atoms with Crippen LogP contribution in [0.4, 0.5) is 0 Å². The van der Waals surface area contributed by atoms with E-state index in [-0.39, 0.29) is 0 Å². The maximum Gasteiger partial charge on any atom is 0.138 e. The van der Waals surface area contributed by atoms with Crippen molar-refractivity contribution in [1.82, 2.24) is 10.3 Å². The molecule has 0 bridgehead atoms. The Morgan fingerprint density at radius 2 is 2.43 bits per heavy atom. The number of nitrogens with zero attached hydrogens (tertiary/aromatic N) is 1. The first-order valence-electron chi connectivity index (χ1n) is 4.20. The van der Waals surface area contributed by atoms with Crippen LogP contribution in [-0.2, 0) is 0 Å². The van der Waals surface area contributed by atoms with Crippen LogP contribution >= 0.6 is 15.9 Å². The highest BCUT2D eigenvalue weighted by Crippen LogP contribution is 2.15. The quantitative estimate of drug-likeness (QED) is 0.638. The van der Waals surface area contributed by atoms with Crippen LogP contribution in [0.3, 0.4) is 0 Å². The summed E-state index contributed by atoms with van der Waals surface area (Å²) in [5, 5.41) is 3.03. The number of nitrogens with one attached hydrogen (secondary N) is 1. The minimum absolute atomic E-state index is 0.570. The van der Waals surface area contributed by atoms with Crippen LogP contribution in [0.1, 0.15) is 0 Å². The molecule has 1 N–H and O–H groups in total. The van der Waals surface area contributed by atoms with Crippen LogP contribution in [0.15, 0.2) is 22.9 Å². The lowest BCUT2D eigenvalue weighted by Crippen LogP contribution is -2.21. The Bertz CT molecular complexity index is 322. The molecule has 0 saturated heterocycles. The highest BCUT2D eigenvalue weighted by Gasteiger charge is 1.94. The van der Waals surface area contributed by atoms with Crippen molar-refractivity contribution in [3.8, 4) is 18.1 Å². The summed E-state index contributed by atoms with van der Waals surface area (Å²) >= 11 is 3.31. The van der Waals surface area contributed by atoms with E-state index in [0.717, 1.165) is 16.8 Å². The molecule has 0 aliphatic carbocycles. The fourth-order valence-corrected chi connectivity index (χ4v) is 1.22. The van der Waals surface area contributed by atoms with Gasteiger partial charge in [0.25, 0.3) is 0 Å². The number of aromatic nitrogens is 1. The van der Waals surface area contributed by atoms with Crippen LogP contribution in [0.25, 0.3) is 0 Å². The Morgan fingerprint density at radius 1 is 1.57 bits per heavy atom. The topological polar surface area (TPSA) is 34.1 Å². The van der Waals surface area contributed by atoms with E-state index >= 15 is 0 Å². The SMILES string of the molecule is C#CCNCCOc1cncc(Br)c1. The number of ether oxygens (including phenoxy) is 1. The van der Waals surface area contributed by atoms with E-state index in [1.54, 1.807) is 12.4 Å². The van der Waals surface area contributed by atoms with Crippen LogP contribution in [0.5, 0.6) is 5.75 Å². The molecule has 74 valence electrons. The highest BCUT2D eigenvalue weighted by atomic mass is 79.9. The van der Waals surface area contributed by atoms with Gasteiger partial charge in [0.15, 0.2) is 0 Å². The molecule has 0 saturated carbocycles. The summed E-state index contributed by atoms with van der Waals surface area (Å²) in [4.78, 5) is 3.97. The Morgan fingerprint density at radius 3 is 3.14 bits per heavy atom. The average molecular weight is 255 g/mol. The summed E-state index contributed by atoms with van der Waals surface area (Å²) in [6.45, 7) is 1.89. The molecular weight excluding hydrogens is 244 g/mol. The number of halogens is 1. The van der Waals surface area contributed by atoms with Gasteiger partial charge in [-0.25, -0.2) is 0 Å². The van der Waals surface area contributed by atoms with Gasteiger partial charge in [-0.15, -0.1) is 6.42 Å². The molecule has 14 heavy (non-hydrogen) atoms. The molecule has 1 aromatic heterocycles. The lowest BCUT2D eigenvalue weighted by Gasteiger charge is -2.05. The third-order valence-corrected chi connectivity index (χ3v) is 1.89. The maximum atomic E-state index is 5.41. The largest absolute Gasteiger partial charge is 0.491 e. The van der Waals surface area contributed by atoms with E-state index in [4.69, 9.17) is 11.2 Å². The van der Waals surface area contributed by atoms with Crippen molar-refractivity contribution in [2.75, 3.05) is 19.7 Å². The van der Waals surface area contributed by atoms with Crippen molar-refractivity contribution in [2.24, 2.45) is 0 Å².